The smallest absolute Gasteiger partial charge is 0.261 e. The molecule has 1 aliphatic heterocycles. The zero-order valence-corrected chi connectivity index (χ0v) is 18.1. The van der Waals surface area contributed by atoms with Crippen LogP contribution in [0.5, 0.6) is 5.75 Å². The number of carbonyl (C=O) groups is 1. The van der Waals surface area contributed by atoms with Crippen LogP contribution < -0.4 is 15.0 Å². The first-order chi connectivity index (χ1) is 15.7. The lowest BCUT2D eigenvalue weighted by Crippen LogP contribution is -2.37. The van der Waals surface area contributed by atoms with Crippen molar-refractivity contribution in [3.05, 3.63) is 77.4 Å². The Morgan fingerprint density at radius 2 is 1.85 bits per heavy atom. The third-order valence-electron chi connectivity index (χ3n) is 5.18. The number of rotatable bonds is 5. The number of methoxy groups -OCH3 is 1. The van der Waals surface area contributed by atoms with E-state index in [9.17, 15) is 22.0 Å². The number of hydrogen-bond acceptors (Lipinski definition) is 6. The van der Waals surface area contributed by atoms with Crippen LogP contribution in [0, 0.1) is 17.5 Å². The summed E-state index contributed by atoms with van der Waals surface area (Å²) < 4.78 is 75.4. The second-order valence-electron chi connectivity index (χ2n) is 7.28. The van der Waals surface area contributed by atoms with Gasteiger partial charge in [0.15, 0.2) is 27.3 Å². The molecule has 7 nitrogen and oxygen atoms in total. The van der Waals surface area contributed by atoms with E-state index in [1.54, 1.807) is 12.1 Å². The molecule has 2 aromatic carbocycles. The maximum atomic E-state index is 15.6. The van der Waals surface area contributed by atoms with Gasteiger partial charge in [0, 0.05) is 31.2 Å². The van der Waals surface area contributed by atoms with Crippen molar-refractivity contribution in [2.24, 2.45) is 0 Å². The molecule has 1 amide bonds. The molecule has 0 aliphatic carbocycles. The van der Waals surface area contributed by atoms with E-state index in [0.29, 0.717) is 11.3 Å². The first kappa shape index (κ1) is 22.6. The predicted molar refractivity (Wildman–Crippen MR) is 115 cm³/mol. The molecule has 0 saturated heterocycles. The molecule has 11 heteroatoms. The zero-order chi connectivity index (χ0) is 23.8. The molecule has 0 radical (unpaired) electrons. The van der Waals surface area contributed by atoms with Gasteiger partial charge in [0.05, 0.1) is 18.6 Å². The molecule has 0 bridgehead atoms. The Morgan fingerprint density at radius 3 is 2.48 bits per heavy atom. The third-order valence-corrected chi connectivity index (χ3v) is 6.90. The highest BCUT2D eigenvalue weighted by Gasteiger charge is 2.40. The molecule has 4 rings (SSSR count). The van der Waals surface area contributed by atoms with Crippen molar-refractivity contribution in [2.75, 3.05) is 29.6 Å². The van der Waals surface area contributed by atoms with Gasteiger partial charge >= 0.3 is 0 Å². The van der Waals surface area contributed by atoms with Gasteiger partial charge < -0.3 is 15.0 Å². The SMILES string of the molecule is COc1ccc(NC(=O)c2c(F)c(F)c3c(c2F)N(Cc2cccnc2)CCS3(=O)=O)cc1. The van der Waals surface area contributed by atoms with Gasteiger partial charge in [0.1, 0.15) is 16.2 Å². The molecule has 1 aliphatic rings. The fourth-order valence-electron chi connectivity index (χ4n) is 3.58. The number of hydrogen-bond donors (Lipinski definition) is 1. The zero-order valence-electron chi connectivity index (χ0n) is 17.3. The van der Waals surface area contributed by atoms with Crippen LogP contribution in [0.1, 0.15) is 15.9 Å². The van der Waals surface area contributed by atoms with Crippen LogP contribution in [0.25, 0.3) is 0 Å². The molecule has 0 atom stereocenters. The summed E-state index contributed by atoms with van der Waals surface area (Å²) in [6, 6.07) is 9.19. The van der Waals surface area contributed by atoms with Gasteiger partial charge in [-0.1, -0.05) is 6.07 Å². The molecule has 0 spiro atoms. The van der Waals surface area contributed by atoms with Gasteiger partial charge in [-0.15, -0.1) is 0 Å². The third kappa shape index (κ3) is 4.23. The topological polar surface area (TPSA) is 88.6 Å². The molecular weight excluding hydrogens is 459 g/mol. The lowest BCUT2D eigenvalue weighted by atomic mass is 10.1. The van der Waals surface area contributed by atoms with E-state index in [4.69, 9.17) is 4.74 Å². The van der Waals surface area contributed by atoms with Crippen LogP contribution in [-0.4, -0.2) is 38.7 Å². The highest BCUT2D eigenvalue weighted by molar-refractivity contribution is 7.91. The second-order valence-corrected chi connectivity index (χ2v) is 9.32. The number of sulfone groups is 1. The number of carbonyl (C=O) groups excluding carboxylic acids is 1. The van der Waals surface area contributed by atoms with Crippen LogP contribution in [0.4, 0.5) is 24.5 Å². The lowest BCUT2D eigenvalue weighted by molar-refractivity contribution is 0.101. The highest BCUT2D eigenvalue weighted by Crippen LogP contribution is 2.39. The van der Waals surface area contributed by atoms with Crippen molar-refractivity contribution in [3.8, 4) is 5.75 Å². The summed E-state index contributed by atoms with van der Waals surface area (Å²) >= 11 is 0. The largest absolute Gasteiger partial charge is 0.497 e. The van der Waals surface area contributed by atoms with Crippen molar-refractivity contribution in [1.82, 2.24) is 4.98 Å². The lowest BCUT2D eigenvalue weighted by Gasteiger charge is -2.32. The van der Waals surface area contributed by atoms with E-state index >= 15 is 4.39 Å². The summed E-state index contributed by atoms with van der Waals surface area (Å²) in [5.41, 5.74) is -1.12. The first-order valence-electron chi connectivity index (χ1n) is 9.75. The summed E-state index contributed by atoms with van der Waals surface area (Å²) in [4.78, 5) is 16.8. The maximum Gasteiger partial charge on any atom is 0.261 e. The Bertz CT molecular complexity index is 1320. The van der Waals surface area contributed by atoms with Crippen LogP contribution in [-0.2, 0) is 16.4 Å². The Kier molecular flexibility index (Phi) is 5.98. The summed E-state index contributed by atoms with van der Waals surface area (Å²) in [6.07, 6.45) is 3.01. The Morgan fingerprint density at radius 1 is 1.12 bits per heavy atom. The van der Waals surface area contributed by atoms with Gasteiger partial charge in [-0.2, -0.15) is 0 Å². The van der Waals surface area contributed by atoms with E-state index in [0.717, 1.165) is 0 Å². The predicted octanol–water partition coefficient (Wildman–Crippen LogP) is 3.55. The fourth-order valence-corrected chi connectivity index (χ4v) is 5.12. The Hall–Kier alpha value is -3.60. The monoisotopic (exact) mass is 477 g/mol. The molecule has 3 aromatic rings. The Labute approximate surface area is 187 Å². The van der Waals surface area contributed by atoms with E-state index in [1.807, 2.05) is 0 Å². The molecule has 2 heterocycles. The average molecular weight is 477 g/mol. The average Bonchev–Trinajstić information content (AvgIpc) is 2.80. The molecular formula is C22H18F3N3O4S. The number of nitrogens with zero attached hydrogens (tertiary/aromatic N) is 2. The Balaban J connectivity index is 1.80. The normalized spacial score (nSPS) is 14.5. The van der Waals surface area contributed by atoms with Crippen LogP contribution in [0.3, 0.4) is 0 Å². The van der Waals surface area contributed by atoms with Crippen LogP contribution >= 0.6 is 0 Å². The van der Waals surface area contributed by atoms with Crippen molar-refractivity contribution >= 4 is 27.1 Å². The van der Waals surface area contributed by atoms with E-state index in [2.05, 4.69) is 10.3 Å². The van der Waals surface area contributed by atoms with Crippen molar-refractivity contribution in [3.63, 3.8) is 0 Å². The summed E-state index contributed by atoms with van der Waals surface area (Å²) in [5, 5.41) is 2.29. The molecule has 172 valence electrons. The second kappa shape index (κ2) is 8.74. The van der Waals surface area contributed by atoms with E-state index < -0.39 is 55.1 Å². The molecule has 1 N–H and O–H groups in total. The van der Waals surface area contributed by atoms with Gasteiger partial charge in [-0.25, -0.2) is 21.6 Å². The summed E-state index contributed by atoms with van der Waals surface area (Å²) in [7, 11) is -2.87. The first-order valence-corrected chi connectivity index (χ1v) is 11.4. The maximum absolute atomic E-state index is 15.6. The van der Waals surface area contributed by atoms with E-state index in [-0.39, 0.29) is 18.8 Å². The number of pyridine rings is 1. The molecule has 33 heavy (non-hydrogen) atoms. The van der Waals surface area contributed by atoms with Gasteiger partial charge in [-0.3, -0.25) is 9.78 Å². The van der Waals surface area contributed by atoms with Crippen LogP contribution in [0.15, 0.2) is 53.7 Å². The quantitative estimate of drug-likeness (QED) is 0.566. The van der Waals surface area contributed by atoms with Crippen molar-refractivity contribution < 1.29 is 31.1 Å². The number of benzene rings is 2. The molecule has 0 unspecified atom stereocenters. The minimum atomic E-state index is -4.31. The number of nitrogens with one attached hydrogen (secondary N) is 1. The number of anilines is 2. The molecule has 0 saturated carbocycles. The van der Waals surface area contributed by atoms with Crippen LogP contribution in [0.2, 0.25) is 0 Å². The highest BCUT2D eigenvalue weighted by atomic mass is 32.2. The van der Waals surface area contributed by atoms with E-state index in [1.165, 1.54) is 48.7 Å². The summed E-state index contributed by atoms with van der Waals surface area (Å²) in [6.45, 7) is -0.191. The van der Waals surface area contributed by atoms with Gasteiger partial charge in [0.25, 0.3) is 5.91 Å². The molecule has 1 aromatic heterocycles. The fraction of sp³-hybridized carbons (Fsp3) is 0.182. The molecule has 0 fully saturated rings. The standard InChI is InChI=1S/C22H18F3N3O4S/c1-32-15-6-4-14(5-7-15)27-22(29)16-17(23)19(25)21-20(18(16)24)28(9-10-33(21,30)31)12-13-3-2-8-26-11-13/h2-8,11H,9-10,12H2,1H3,(H,27,29). The number of halogens is 3. The van der Waals surface area contributed by atoms with Crippen molar-refractivity contribution in [2.45, 2.75) is 11.4 Å². The van der Waals surface area contributed by atoms with Gasteiger partial charge in [-0.05, 0) is 35.9 Å². The number of fused-ring (bicyclic) bond motifs is 1. The minimum Gasteiger partial charge on any atom is -0.497 e. The number of aromatic nitrogens is 1. The minimum absolute atomic E-state index is 0.0160. The van der Waals surface area contributed by atoms with Gasteiger partial charge in [0.2, 0.25) is 0 Å². The number of amides is 1. The van der Waals surface area contributed by atoms with Crippen molar-refractivity contribution in [1.29, 1.82) is 0 Å². The number of ether oxygens (including phenoxy) is 1. The summed E-state index contributed by atoms with van der Waals surface area (Å²) in [5.74, 6) is -6.43.